The van der Waals surface area contributed by atoms with Crippen LogP contribution in [0, 0.1) is 18.6 Å². The number of hydrogen-bond acceptors (Lipinski definition) is 1. The summed E-state index contributed by atoms with van der Waals surface area (Å²) in [6.45, 7) is 1.55. The van der Waals surface area contributed by atoms with E-state index in [-0.39, 0.29) is 0 Å². The zero-order valence-electron chi connectivity index (χ0n) is 5.36. The molecule has 1 aromatic rings. The van der Waals surface area contributed by atoms with Crippen molar-refractivity contribution in [2.24, 2.45) is 0 Å². The van der Waals surface area contributed by atoms with E-state index in [1.165, 1.54) is 6.07 Å². The second-order valence-corrected chi connectivity index (χ2v) is 2.51. The van der Waals surface area contributed by atoms with E-state index in [4.69, 9.17) is 0 Å². The minimum Gasteiger partial charge on any atom is -0.207 e. The maximum atomic E-state index is 12.6. The summed E-state index contributed by atoms with van der Waals surface area (Å²) in [5.41, 5.74) is 0.379. The maximum absolute atomic E-state index is 12.6. The van der Waals surface area contributed by atoms with Crippen LogP contribution in [0.15, 0.2) is 17.0 Å². The summed E-state index contributed by atoms with van der Waals surface area (Å²) < 4.78 is 24.9. The first kappa shape index (κ1) is 7.54. The van der Waals surface area contributed by atoms with E-state index in [9.17, 15) is 8.78 Å². The second-order valence-electron chi connectivity index (χ2n) is 2.03. The summed E-state index contributed by atoms with van der Waals surface area (Å²) in [6.07, 6.45) is 0. The van der Waals surface area contributed by atoms with E-state index in [1.54, 1.807) is 6.92 Å². The molecule has 0 atom stereocenters. The minimum absolute atomic E-state index is 0.345. The highest BCUT2D eigenvalue weighted by atomic mass is 32.1. The van der Waals surface area contributed by atoms with Gasteiger partial charge in [-0.15, -0.1) is 12.6 Å². The molecule has 0 nitrogen and oxygen atoms in total. The lowest BCUT2D eigenvalue weighted by molar-refractivity contribution is 0.570. The molecule has 0 aromatic heterocycles. The van der Waals surface area contributed by atoms with Gasteiger partial charge in [0.25, 0.3) is 0 Å². The summed E-state index contributed by atoms with van der Waals surface area (Å²) in [5, 5.41) is 0. The molecule has 0 amide bonds. The van der Waals surface area contributed by atoms with E-state index in [1.807, 2.05) is 0 Å². The van der Waals surface area contributed by atoms with E-state index < -0.39 is 11.6 Å². The summed E-state index contributed by atoms with van der Waals surface area (Å²) in [5.74, 6) is -1.14. The molecule has 0 aliphatic carbocycles. The number of hydrogen-bond donors (Lipinski definition) is 1. The van der Waals surface area contributed by atoms with Gasteiger partial charge >= 0.3 is 0 Å². The lowest BCUT2D eigenvalue weighted by Gasteiger charge is -1.98. The van der Waals surface area contributed by atoms with Crippen LogP contribution in [0.25, 0.3) is 0 Å². The Labute approximate surface area is 63.3 Å². The Kier molecular flexibility index (Phi) is 1.94. The van der Waals surface area contributed by atoms with Crippen molar-refractivity contribution >= 4 is 12.6 Å². The number of benzene rings is 1. The van der Waals surface area contributed by atoms with Gasteiger partial charge in [0.05, 0.1) is 0 Å². The zero-order valence-corrected chi connectivity index (χ0v) is 6.25. The van der Waals surface area contributed by atoms with Crippen molar-refractivity contribution in [3.05, 3.63) is 29.3 Å². The van der Waals surface area contributed by atoms with Gasteiger partial charge in [-0.1, -0.05) is 0 Å². The van der Waals surface area contributed by atoms with Crippen molar-refractivity contribution in [1.82, 2.24) is 0 Å². The van der Waals surface area contributed by atoms with E-state index in [2.05, 4.69) is 12.6 Å². The van der Waals surface area contributed by atoms with Crippen molar-refractivity contribution in [3.8, 4) is 0 Å². The molecule has 0 saturated heterocycles. The van der Waals surface area contributed by atoms with Crippen LogP contribution in [0.1, 0.15) is 5.56 Å². The fourth-order valence-corrected chi connectivity index (χ4v) is 0.862. The molecule has 54 valence electrons. The van der Waals surface area contributed by atoms with Crippen LogP contribution in [-0.4, -0.2) is 0 Å². The van der Waals surface area contributed by atoms with Gasteiger partial charge in [-0.25, -0.2) is 8.78 Å². The first-order valence-corrected chi connectivity index (χ1v) is 3.20. The van der Waals surface area contributed by atoms with E-state index in [0.717, 1.165) is 6.07 Å². The fourth-order valence-electron chi connectivity index (χ4n) is 0.632. The lowest BCUT2D eigenvalue weighted by atomic mass is 10.2. The molecule has 1 rings (SSSR count). The molecule has 0 bridgehead atoms. The molecule has 0 spiro atoms. The molecule has 0 heterocycles. The SMILES string of the molecule is Cc1c(F)cc(F)cc1S. The standard InChI is InChI=1S/C7H6F2S/c1-4-6(9)2-5(8)3-7(4)10/h2-3,10H,1H3. The fraction of sp³-hybridized carbons (Fsp3) is 0.143. The third kappa shape index (κ3) is 1.29. The van der Waals surface area contributed by atoms with Crippen LogP contribution in [0.3, 0.4) is 0 Å². The monoisotopic (exact) mass is 160 g/mol. The predicted octanol–water partition coefficient (Wildman–Crippen LogP) is 2.56. The molecular formula is C7H6F2S. The van der Waals surface area contributed by atoms with Crippen molar-refractivity contribution < 1.29 is 8.78 Å². The van der Waals surface area contributed by atoms with Gasteiger partial charge in [-0.3, -0.25) is 0 Å². The Morgan fingerprint density at radius 1 is 1.30 bits per heavy atom. The summed E-state index contributed by atoms with van der Waals surface area (Å²) in [4.78, 5) is 0.345. The number of thiol groups is 1. The van der Waals surface area contributed by atoms with Crippen LogP contribution >= 0.6 is 12.6 Å². The summed E-state index contributed by atoms with van der Waals surface area (Å²) in [6, 6.07) is 2.02. The highest BCUT2D eigenvalue weighted by Crippen LogP contribution is 2.17. The minimum atomic E-state index is -0.590. The van der Waals surface area contributed by atoms with Crippen molar-refractivity contribution in [2.45, 2.75) is 11.8 Å². The Balaban J connectivity index is 3.31. The van der Waals surface area contributed by atoms with Gasteiger partial charge in [0.1, 0.15) is 11.6 Å². The van der Waals surface area contributed by atoms with Gasteiger partial charge in [-0.05, 0) is 18.6 Å². The Morgan fingerprint density at radius 2 is 1.90 bits per heavy atom. The third-order valence-corrected chi connectivity index (χ3v) is 1.75. The zero-order chi connectivity index (χ0) is 7.72. The van der Waals surface area contributed by atoms with Crippen LogP contribution in [0.5, 0.6) is 0 Å². The smallest absolute Gasteiger partial charge is 0.130 e. The molecule has 0 aliphatic rings. The predicted molar refractivity (Wildman–Crippen MR) is 38.3 cm³/mol. The molecule has 3 heteroatoms. The van der Waals surface area contributed by atoms with Gasteiger partial charge in [0, 0.05) is 11.0 Å². The molecular weight excluding hydrogens is 154 g/mol. The van der Waals surface area contributed by atoms with Gasteiger partial charge < -0.3 is 0 Å². The molecule has 10 heavy (non-hydrogen) atoms. The molecule has 0 radical (unpaired) electrons. The largest absolute Gasteiger partial charge is 0.207 e. The van der Waals surface area contributed by atoms with Crippen molar-refractivity contribution in [2.75, 3.05) is 0 Å². The Morgan fingerprint density at radius 3 is 2.40 bits per heavy atom. The molecule has 0 unspecified atom stereocenters. The Bertz CT molecular complexity index is 235. The lowest BCUT2D eigenvalue weighted by Crippen LogP contribution is -1.86. The van der Waals surface area contributed by atoms with Gasteiger partial charge in [0.15, 0.2) is 0 Å². The van der Waals surface area contributed by atoms with Crippen LogP contribution < -0.4 is 0 Å². The Hall–Kier alpha value is -0.570. The first-order chi connectivity index (χ1) is 4.61. The average Bonchev–Trinajstić information content (AvgIpc) is 1.82. The van der Waals surface area contributed by atoms with Crippen molar-refractivity contribution in [3.63, 3.8) is 0 Å². The van der Waals surface area contributed by atoms with Crippen LogP contribution in [0.4, 0.5) is 8.78 Å². The average molecular weight is 160 g/mol. The van der Waals surface area contributed by atoms with E-state index >= 15 is 0 Å². The number of halogens is 2. The molecule has 0 fully saturated rings. The van der Waals surface area contributed by atoms with Crippen molar-refractivity contribution in [1.29, 1.82) is 0 Å². The molecule has 0 aliphatic heterocycles. The van der Waals surface area contributed by atoms with Gasteiger partial charge in [-0.2, -0.15) is 0 Å². The highest BCUT2D eigenvalue weighted by molar-refractivity contribution is 7.80. The third-order valence-electron chi connectivity index (χ3n) is 1.28. The first-order valence-electron chi connectivity index (χ1n) is 2.76. The molecule has 0 N–H and O–H groups in total. The maximum Gasteiger partial charge on any atom is 0.130 e. The van der Waals surface area contributed by atoms with Gasteiger partial charge in [0.2, 0.25) is 0 Å². The quantitative estimate of drug-likeness (QED) is 0.554. The summed E-state index contributed by atoms with van der Waals surface area (Å²) >= 11 is 3.86. The molecule has 1 aromatic carbocycles. The normalized spacial score (nSPS) is 10.0. The number of rotatable bonds is 0. The molecule has 0 saturated carbocycles. The summed E-state index contributed by atoms with van der Waals surface area (Å²) in [7, 11) is 0. The van der Waals surface area contributed by atoms with Crippen LogP contribution in [-0.2, 0) is 0 Å². The highest BCUT2D eigenvalue weighted by Gasteiger charge is 2.02. The van der Waals surface area contributed by atoms with E-state index in [0.29, 0.717) is 10.5 Å². The second kappa shape index (κ2) is 2.58. The van der Waals surface area contributed by atoms with Crippen LogP contribution in [0.2, 0.25) is 0 Å². The topological polar surface area (TPSA) is 0 Å².